The topological polar surface area (TPSA) is 110 Å². The Hall–Kier alpha value is -3.70. The number of nitro benzene ring substituents is 1. The molecule has 4 rings (SSSR count). The highest BCUT2D eigenvalue weighted by molar-refractivity contribution is 7.14. The quantitative estimate of drug-likeness (QED) is 0.383. The number of amides is 1. The van der Waals surface area contributed by atoms with Gasteiger partial charge in [-0.2, -0.15) is 0 Å². The van der Waals surface area contributed by atoms with Crippen molar-refractivity contribution >= 4 is 33.8 Å². The molecule has 1 saturated heterocycles. The smallest absolute Gasteiger partial charge is 0.269 e. The highest BCUT2D eigenvalue weighted by atomic mass is 32.1. The molecule has 11 heteroatoms. The Balaban J connectivity index is 1.30. The van der Waals surface area contributed by atoms with E-state index in [2.05, 4.69) is 20.1 Å². The van der Waals surface area contributed by atoms with Crippen molar-refractivity contribution < 1.29 is 19.2 Å². The first kappa shape index (κ1) is 23.5. The second kappa shape index (κ2) is 10.5. The van der Waals surface area contributed by atoms with Crippen LogP contribution in [0.3, 0.4) is 0 Å². The zero-order chi connectivity index (χ0) is 24.1. The van der Waals surface area contributed by atoms with E-state index in [1.54, 1.807) is 32.4 Å². The van der Waals surface area contributed by atoms with Gasteiger partial charge in [0.2, 0.25) is 5.91 Å². The van der Waals surface area contributed by atoms with Crippen LogP contribution in [0, 0.1) is 10.1 Å². The fraction of sp³-hybridized carbons (Fsp3) is 0.304. The third-order valence-electron chi connectivity index (χ3n) is 5.60. The summed E-state index contributed by atoms with van der Waals surface area (Å²) in [7, 11) is 3.19. The van der Waals surface area contributed by atoms with Gasteiger partial charge < -0.3 is 19.7 Å². The number of ether oxygens (including phenoxy) is 2. The third-order valence-corrected chi connectivity index (χ3v) is 6.36. The largest absolute Gasteiger partial charge is 0.497 e. The Bertz CT molecular complexity index is 1160. The zero-order valence-corrected chi connectivity index (χ0v) is 19.7. The molecule has 0 radical (unpaired) electrons. The van der Waals surface area contributed by atoms with Crippen LogP contribution in [0.25, 0.3) is 11.3 Å². The summed E-state index contributed by atoms with van der Waals surface area (Å²) in [6.45, 7) is 3.19. The van der Waals surface area contributed by atoms with Crippen LogP contribution in [-0.4, -0.2) is 67.7 Å². The monoisotopic (exact) mass is 483 g/mol. The summed E-state index contributed by atoms with van der Waals surface area (Å²) in [5.74, 6) is 1.22. The molecule has 3 aromatic rings. The lowest BCUT2D eigenvalue weighted by molar-refractivity contribution is -0.384. The Morgan fingerprint density at radius 1 is 1.12 bits per heavy atom. The van der Waals surface area contributed by atoms with Crippen molar-refractivity contribution in [3.05, 3.63) is 58.0 Å². The van der Waals surface area contributed by atoms with Gasteiger partial charge in [0, 0.05) is 61.0 Å². The predicted octanol–water partition coefficient (Wildman–Crippen LogP) is 3.50. The molecule has 10 nitrogen and oxygen atoms in total. The number of piperazine rings is 1. The number of rotatable bonds is 8. The van der Waals surface area contributed by atoms with Crippen LogP contribution in [0.15, 0.2) is 47.8 Å². The van der Waals surface area contributed by atoms with E-state index in [9.17, 15) is 14.9 Å². The van der Waals surface area contributed by atoms with Crippen molar-refractivity contribution in [3.63, 3.8) is 0 Å². The van der Waals surface area contributed by atoms with Crippen LogP contribution in [-0.2, 0) is 4.79 Å². The molecule has 0 atom stereocenters. The van der Waals surface area contributed by atoms with Crippen LogP contribution >= 0.6 is 11.3 Å². The number of non-ortho nitro benzene ring substituents is 1. The second-order valence-electron chi connectivity index (χ2n) is 7.69. The molecule has 2 heterocycles. The van der Waals surface area contributed by atoms with Crippen molar-refractivity contribution in [3.8, 4) is 22.8 Å². The van der Waals surface area contributed by atoms with E-state index in [0.717, 1.165) is 43.1 Å². The fourth-order valence-corrected chi connectivity index (χ4v) is 4.50. The normalized spacial score (nSPS) is 14.0. The summed E-state index contributed by atoms with van der Waals surface area (Å²) in [4.78, 5) is 31.8. The molecule has 1 aliphatic heterocycles. The number of methoxy groups -OCH3 is 2. The van der Waals surface area contributed by atoms with Crippen molar-refractivity contribution in [2.24, 2.45) is 0 Å². The first-order valence-corrected chi connectivity index (χ1v) is 11.5. The van der Waals surface area contributed by atoms with Gasteiger partial charge in [0.25, 0.3) is 5.69 Å². The Morgan fingerprint density at radius 2 is 1.85 bits per heavy atom. The highest BCUT2D eigenvalue weighted by Crippen LogP contribution is 2.34. The maximum Gasteiger partial charge on any atom is 0.269 e. The molecule has 1 fully saturated rings. The van der Waals surface area contributed by atoms with E-state index < -0.39 is 4.92 Å². The maximum absolute atomic E-state index is 12.6. The molecule has 0 unspecified atom stereocenters. The second-order valence-corrected chi connectivity index (χ2v) is 8.55. The van der Waals surface area contributed by atoms with Gasteiger partial charge in [0.15, 0.2) is 5.13 Å². The van der Waals surface area contributed by atoms with Crippen molar-refractivity contribution in [2.75, 3.05) is 57.2 Å². The average molecular weight is 484 g/mol. The Morgan fingerprint density at radius 3 is 2.50 bits per heavy atom. The number of nitrogens with one attached hydrogen (secondary N) is 1. The van der Waals surface area contributed by atoms with Gasteiger partial charge in [-0.1, -0.05) is 0 Å². The average Bonchev–Trinajstić information content (AvgIpc) is 3.32. The van der Waals surface area contributed by atoms with Crippen molar-refractivity contribution in [1.82, 2.24) is 9.88 Å². The van der Waals surface area contributed by atoms with E-state index in [-0.39, 0.29) is 18.1 Å². The molecule has 1 N–H and O–H groups in total. The van der Waals surface area contributed by atoms with E-state index in [1.807, 2.05) is 17.5 Å². The molecule has 2 aromatic carbocycles. The Kier molecular flexibility index (Phi) is 7.24. The molecule has 34 heavy (non-hydrogen) atoms. The highest BCUT2D eigenvalue weighted by Gasteiger charge is 2.20. The van der Waals surface area contributed by atoms with Gasteiger partial charge in [-0.05, 0) is 24.3 Å². The number of hydrogen-bond acceptors (Lipinski definition) is 9. The van der Waals surface area contributed by atoms with Crippen molar-refractivity contribution in [1.29, 1.82) is 0 Å². The standard InChI is InChI=1S/C23H25N5O5S/c1-32-18-7-8-19(21(13-18)33-2)20-15-34-23(24-20)25-22(29)14-26-9-11-27(12-10-26)16-3-5-17(6-4-16)28(30)31/h3-8,13,15H,9-12,14H2,1-2H3,(H,24,25,29). The summed E-state index contributed by atoms with van der Waals surface area (Å²) in [6.07, 6.45) is 0. The maximum atomic E-state index is 12.6. The van der Waals surface area contributed by atoms with Gasteiger partial charge in [-0.25, -0.2) is 4.98 Å². The molecule has 0 aliphatic carbocycles. The molecule has 0 saturated carbocycles. The summed E-state index contributed by atoms with van der Waals surface area (Å²) in [5.41, 5.74) is 2.56. The van der Waals surface area contributed by atoms with Crippen LogP contribution < -0.4 is 19.7 Å². The molecule has 178 valence electrons. The number of carbonyl (C=O) groups excluding carboxylic acids is 1. The third kappa shape index (κ3) is 5.43. The number of hydrogen-bond donors (Lipinski definition) is 1. The zero-order valence-electron chi connectivity index (χ0n) is 18.9. The number of carbonyl (C=O) groups is 1. The first-order chi connectivity index (χ1) is 16.5. The van der Waals surface area contributed by atoms with Crippen LogP contribution in [0.1, 0.15) is 0 Å². The minimum atomic E-state index is -0.404. The SMILES string of the molecule is COc1ccc(-c2csc(NC(=O)CN3CCN(c4ccc([N+](=O)[O-])cc4)CC3)n2)c(OC)c1. The van der Waals surface area contributed by atoms with Crippen LogP contribution in [0.4, 0.5) is 16.5 Å². The van der Waals surface area contributed by atoms with Gasteiger partial charge >= 0.3 is 0 Å². The van der Waals surface area contributed by atoms with Crippen LogP contribution in [0.5, 0.6) is 11.5 Å². The fourth-order valence-electron chi connectivity index (χ4n) is 3.78. The summed E-state index contributed by atoms with van der Waals surface area (Å²) in [6, 6.07) is 12.1. The first-order valence-electron chi connectivity index (χ1n) is 10.7. The van der Waals surface area contributed by atoms with Gasteiger partial charge in [0.1, 0.15) is 11.5 Å². The van der Waals surface area contributed by atoms with E-state index in [1.165, 1.54) is 23.5 Å². The molecular weight excluding hydrogens is 458 g/mol. The summed E-state index contributed by atoms with van der Waals surface area (Å²) < 4.78 is 10.7. The molecular formula is C23H25N5O5S. The van der Waals surface area contributed by atoms with Gasteiger partial charge in [0.05, 0.1) is 31.4 Å². The molecule has 0 spiro atoms. The van der Waals surface area contributed by atoms with Gasteiger partial charge in [-0.15, -0.1) is 11.3 Å². The van der Waals surface area contributed by atoms with E-state index in [4.69, 9.17) is 9.47 Å². The minimum Gasteiger partial charge on any atom is -0.497 e. The number of aromatic nitrogens is 1. The molecule has 1 aliphatic rings. The number of nitrogens with zero attached hydrogens (tertiary/aromatic N) is 4. The lowest BCUT2D eigenvalue weighted by atomic mass is 10.1. The van der Waals surface area contributed by atoms with E-state index >= 15 is 0 Å². The number of thiazole rings is 1. The number of benzene rings is 2. The number of nitro groups is 1. The van der Waals surface area contributed by atoms with Crippen LogP contribution in [0.2, 0.25) is 0 Å². The molecule has 0 bridgehead atoms. The minimum absolute atomic E-state index is 0.0786. The summed E-state index contributed by atoms with van der Waals surface area (Å²) in [5, 5.41) is 16.1. The lowest BCUT2D eigenvalue weighted by Gasteiger charge is -2.35. The number of anilines is 2. The Labute approximate surface area is 200 Å². The molecule has 1 aromatic heterocycles. The van der Waals surface area contributed by atoms with Crippen molar-refractivity contribution in [2.45, 2.75) is 0 Å². The lowest BCUT2D eigenvalue weighted by Crippen LogP contribution is -2.48. The van der Waals surface area contributed by atoms with E-state index in [0.29, 0.717) is 16.6 Å². The predicted molar refractivity (Wildman–Crippen MR) is 131 cm³/mol. The summed E-state index contributed by atoms with van der Waals surface area (Å²) >= 11 is 1.36. The molecule has 1 amide bonds. The van der Waals surface area contributed by atoms with Gasteiger partial charge in [-0.3, -0.25) is 19.8 Å².